The van der Waals surface area contributed by atoms with Crippen LogP contribution >= 0.6 is 0 Å². The van der Waals surface area contributed by atoms with Crippen molar-refractivity contribution in [2.45, 2.75) is 70.9 Å². The van der Waals surface area contributed by atoms with Gasteiger partial charge in [-0.2, -0.15) is 5.10 Å². The van der Waals surface area contributed by atoms with Crippen molar-refractivity contribution in [2.75, 3.05) is 0 Å². The van der Waals surface area contributed by atoms with Gasteiger partial charge in [0.2, 0.25) is 5.91 Å². The number of aryl methyl sites for hydroxylation is 1. The molecule has 0 aliphatic heterocycles. The van der Waals surface area contributed by atoms with Gasteiger partial charge in [0.15, 0.2) is 0 Å². The van der Waals surface area contributed by atoms with Crippen LogP contribution < -0.4 is 5.32 Å². The number of carbonyl (C=O) groups is 1. The topological polar surface area (TPSA) is 67.2 Å². The summed E-state index contributed by atoms with van der Waals surface area (Å²) in [6.45, 7) is 4.77. The van der Waals surface area contributed by atoms with Crippen molar-refractivity contribution in [1.29, 1.82) is 0 Å². The number of para-hydroxylation sites is 1. The lowest BCUT2D eigenvalue weighted by atomic mass is 9.42. The van der Waals surface area contributed by atoms with Crippen molar-refractivity contribution < 1.29 is 9.90 Å². The van der Waals surface area contributed by atoms with Crippen LogP contribution in [0.2, 0.25) is 0 Å². The van der Waals surface area contributed by atoms with Crippen LogP contribution in [0.3, 0.4) is 0 Å². The van der Waals surface area contributed by atoms with Crippen LogP contribution in [0.1, 0.15) is 63.0 Å². The van der Waals surface area contributed by atoms with E-state index >= 15 is 0 Å². The van der Waals surface area contributed by atoms with Crippen LogP contribution in [0.5, 0.6) is 0 Å². The van der Waals surface area contributed by atoms with E-state index < -0.39 is 11.0 Å². The third kappa shape index (κ3) is 3.10. The highest BCUT2D eigenvalue weighted by molar-refractivity contribution is 5.83. The molecule has 4 aliphatic carbocycles. The zero-order valence-corrected chi connectivity index (χ0v) is 17.4. The van der Waals surface area contributed by atoms with E-state index in [-0.39, 0.29) is 11.3 Å². The van der Waals surface area contributed by atoms with E-state index in [4.69, 9.17) is 0 Å². The van der Waals surface area contributed by atoms with Crippen molar-refractivity contribution in [3.63, 3.8) is 0 Å². The highest BCUT2D eigenvalue weighted by atomic mass is 16.3. The zero-order chi connectivity index (χ0) is 20.3. The van der Waals surface area contributed by atoms with Crippen LogP contribution in [0.15, 0.2) is 36.7 Å². The van der Waals surface area contributed by atoms with E-state index in [0.29, 0.717) is 18.9 Å². The molecule has 29 heavy (non-hydrogen) atoms. The maximum atomic E-state index is 13.4. The first-order valence-corrected chi connectivity index (χ1v) is 10.9. The maximum Gasteiger partial charge on any atom is 0.226 e. The van der Waals surface area contributed by atoms with E-state index in [1.165, 1.54) is 6.42 Å². The van der Waals surface area contributed by atoms with Crippen molar-refractivity contribution in [3.8, 4) is 5.69 Å². The number of aliphatic hydroxyl groups is 1. The maximum absolute atomic E-state index is 13.4. The van der Waals surface area contributed by atoms with Crippen LogP contribution in [0.25, 0.3) is 5.69 Å². The van der Waals surface area contributed by atoms with Gasteiger partial charge >= 0.3 is 0 Å². The fourth-order valence-electron chi connectivity index (χ4n) is 7.01. The average molecular weight is 394 g/mol. The molecule has 4 unspecified atom stereocenters. The molecule has 0 spiro atoms. The first kappa shape index (κ1) is 18.9. The molecule has 6 rings (SSSR count). The second-order valence-corrected chi connectivity index (χ2v) is 10.1. The fraction of sp³-hybridized carbons (Fsp3) is 0.583. The average Bonchev–Trinajstić information content (AvgIpc) is 3.13. The molecule has 4 fully saturated rings. The number of amides is 1. The summed E-state index contributed by atoms with van der Waals surface area (Å²) in [5.41, 5.74) is 2.34. The summed E-state index contributed by atoms with van der Waals surface area (Å²) in [4.78, 5) is 13.4. The van der Waals surface area contributed by atoms with Crippen molar-refractivity contribution in [2.24, 2.45) is 16.7 Å². The molecule has 5 nitrogen and oxygen atoms in total. The molecule has 4 saturated carbocycles. The van der Waals surface area contributed by atoms with E-state index in [9.17, 15) is 9.90 Å². The van der Waals surface area contributed by atoms with Gasteiger partial charge in [0, 0.05) is 18.3 Å². The molecule has 5 heteroatoms. The minimum atomic E-state index is -0.636. The van der Waals surface area contributed by atoms with Crippen LogP contribution in [0, 0.1) is 23.7 Å². The molecule has 1 aromatic heterocycles. The number of rotatable bonds is 5. The monoisotopic (exact) mass is 393 g/mol. The summed E-state index contributed by atoms with van der Waals surface area (Å²) in [5.74, 6) is 0.618. The molecule has 1 heterocycles. The predicted octanol–water partition coefficient (Wildman–Crippen LogP) is 3.91. The molecule has 1 amide bonds. The molecule has 4 aliphatic rings. The third-order valence-corrected chi connectivity index (χ3v) is 7.84. The number of hydrogen-bond acceptors (Lipinski definition) is 3. The molecule has 2 aromatic rings. The minimum Gasteiger partial charge on any atom is -0.390 e. The van der Waals surface area contributed by atoms with Gasteiger partial charge in [0.05, 0.1) is 22.9 Å². The summed E-state index contributed by atoms with van der Waals surface area (Å²) in [6.07, 6.45) is 10.3. The largest absolute Gasteiger partial charge is 0.390 e. The number of hydrogen-bond donors (Lipinski definition) is 2. The Kier molecular flexibility index (Phi) is 4.18. The van der Waals surface area contributed by atoms with Gasteiger partial charge in [0.25, 0.3) is 0 Å². The Labute approximate surface area is 172 Å². The first-order valence-electron chi connectivity index (χ1n) is 10.9. The van der Waals surface area contributed by atoms with Crippen molar-refractivity contribution in [3.05, 3.63) is 47.8 Å². The van der Waals surface area contributed by atoms with Gasteiger partial charge in [-0.1, -0.05) is 31.5 Å². The van der Waals surface area contributed by atoms with E-state index in [1.54, 1.807) is 0 Å². The molecule has 154 valence electrons. The summed E-state index contributed by atoms with van der Waals surface area (Å²) < 4.78 is 1.87. The molecular weight excluding hydrogens is 362 g/mol. The lowest BCUT2D eigenvalue weighted by Gasteiger charge is -2.64. The Morgan fingerprint density at radius 2 is 2.07 bits per heavy atom. The highest BCUT2D eigenvalue weighted by Crippen LogP contribution is 2.67. The Bertz CT molecular complexity index is 953. The first-order chi connectivity index (χ1) is 13.8. The quantitative estimate of drug-likeness (QED) is 0.809. The van der Waals surface area contributed by atoms with Gasteiger partial charge in [-0.15, -0.1) is 0 Å². The Hall–Kier alpha value is -2.14. The van der Waals surface area contributed by atoms with Crippen LogP contribution in [-0.4, -0.2) is 26.4 Å². The van der Waals surface area contributed by atoms with Crippen LogP contribution in [-0.2, 0) is 11.3 Å². The van der Waals surface area contributed by atoms with E-state index in [1.807, 2.05) is 35.3 Å². The van der Waals surface area contributed by atoms with E-state index in [2.05, 4.69) is 30.3 Å². The zero-order valence-electron chi connectivity index (χ0n) is 17.4. The summed E-state index contributed by atoms with van der Waals surface area (Å²) in [6, 6.07) is 8.14. The van der Waals surface area contributed by atoms with Crippen molar-refractivity contribution >= 4 is 5.91 Å². The van der Waals surface area contributed by atoms with Gasteiger partial charge < -0.3 is 10.4 Å². The summed E-state index contributed by atoms with van der Waals surface area (Å²) in [7, 11) is 0. The Morgan fingerprint density at radius 3 is 2.83 bits per heavy atom. The molecule has 0 radical (unpaired) electrons. The smallest absolute Gasteiger partial charge is 0.226 e. The summed E-state index contributed by atoms with van der Waals surface area (Å²) >= 11 is 0. The van der Waals surface area contributed by atoms with Gasteiger partial charge in [-0.05, 0) is 68.4 Å². The Balaban J connectivity index is 1.31. The Morgan fingerprint density at radius 1 is 1.24 bits per heavy atom. The SMILES string of the molecule is CCC12CC3CC(O)(C1)CC(C(=O)NCc1cnn(-c4ccccc4C)c1)(C3)C2. The molecule has 4 atom stereocenters. The number of carbonyl (C=O) groups excluding carboxylic acids is 1. The molecule has 1 aromatic carbocycles. The number of nitrogens with one attached hydrogen (secondary N) is 1. The second kappa shape index (κ2) is 6.43. The summed E-state index contributed by atoms with van der Waals surface area (Å²) in [5, 5.41) is 18.8. The number of aromatic nitrogens is 2. The van der Waals surface area contributed by atoms with Crippen molar-refractivity contribution in [1.82, 2.24) is 15.1 Å². The molecule has 2 N–H and O–H groups in total. The fourth-order valence-corrected chi connectivity index (χ4v) is 7.01. The molecular formula is C24H31N3O2. The van der Waals surface area contributed by atoms with E-state index in [0.717, 1.165) is 48.9 Å². The minimum absolute atomic E-state index is 0.126. The third-order valence-electron chi connectivity index (χ3n) is 7.84. The normalized spacial score (nSPS) is 35.1. The van der Waals surface area contributed by atoms with Gasteiger partial charge in [-0.25, -0.2) is 4.68 Å². The predicted molar refractivity (Wildman–Crippen MR) is 111 cm³/mol. The lowest BCUT2D eigenvalue weighted by Crippen LogP contribution is -2.63. The lowest BCUT2D eigenvalue weighted by molar-refractivity contribution is -0.204. The van der Waals surface area contributed by atoms with Crippen LogP contribution in [0.4, 0.5) is 0 Å². The standard InChI is InChI=1S/C24H31N3O2/c1-3-22-8-18-9-23(14-22,16-24(29,10-18)15-22)21(28)25-11-19-12-26-27(13-19)20-7-5-4-6-17(20)2/h4-7,12-13,18,29H,3,8-11,14-16H2,1-2H3,(H,25,28). The second-order valence-electron chi connectivity index (χ2n) is 10.1. The number of nitrogens with zero attached hydrogens (tertiary/aromatic N) is 2. The highest BCUT2D eigenvalue weighted by Gasteiger charge is 2.64. The van der Waals surface area contributed by atoms with Gasteiger partial charge in [-0.3, -0.25) is 4.79 Å². The molecule has 4 bridgehead atoms. The number of benzene rings is 1. The molecule has 0 saturated heterocycles. The van der Waals surface area contributed by atoms with Gasteiger partial charge in [0.1, 0.15) is 0 Å².